The summed E-state index contributed by atoms with van der Waals surface area (Å²) < 4.78 is 11.5. The summed E-state index contributed by atoms with van der Waals surface area (Å²) in [4.78, 5) is 7.31. The average Bonchev–Trinajstić information content (AvgIpc) is 2.81. The van der Waals surface area contributed by atoms with Crippen molar-refractivity contribution in [3.63, 3.8) is 0 Å². The van der Waals surface area contributed by atoms with E-state index >= 15 is 0 Å². The first-order valence-electron chi connectivity index (χ1n) is 11.2. The summed E-state index contributed by atoms with van der Waals surface area (Å²) in [6, 6.07) is 17.3. The van der Waals surface area contributed by atoms with Crippen molar-refractivity contribution in [1.82, 2.24) is 10.2 Å². The Hall–Kier alpha value is -1.64. The number of aliphatic imine (C=N–C) groups is 1. The van der Waals surface area contributed by atoms with Gasteiger partial charge in [0.2, 0.25) is 0 Å². The van der Waals surface area contributed by atoms with Crippen molar-refractivity contribution in [2.45, 2.75) is 52.0 Å². The van der Waals surface area contributed by atoms with E-state index in [0.29, 0.717) is 19.3 Å². The SMILES string of the molecule is CCNC(=NCc1cccc(COC2CCOCC2)c1)N1CCc2ccccc2C1.I. The fourth-order valence-corrected chi connectivity index (χ4v) is 4.14. The molecule has 31 heavy (non-hydrogen) atoms. The molecular formula is C25H34IN3O2. The van der Waals surface area contributed by atoms with Gasteiger partial charge < -0.3 is 19.7 Å². The third-order valence-electron chi connectivity index (χ3n) is 5.82. The van der Waals surface area contributed by atoms with E-state index in [9.17, 15) is 0 Å². The average molecular weight is 535 g/mol. The summed E-state index contributed by atoms with van der Waals surface area (Å²) in [5, 5.41) is 3.48. The summed E-state index contributed by atoms with van der Waals surface area (Å²) in [6.45, 7) is 7.87. The van der Waals surface area contributed by atoms with Gasteiger partial charge in [0, 0.05) is 32.8 Å². The van der Waals surface area contributed by atoms with Gasteiger partial charge in [-0.15, -0.1) is 24.0 Å². The fraction of sp³-hybridized carbons (Fsp3) is 0.480. The Morgan fingerprint density at radius 2 is 1.87 bits per heavy atom. The van der Waals surface area contributed by atoms with Crippen molar-refractivity contribution >= 4 is 29.9 Å². The first-order chi connectivity index (χ1) is 14.8. The lowest BCUT2D eigenvalue weighted by Crippen LogP contribution is -2.44. The minimum absolute atomic E-state index is 0. The molecule has 5 nitrogen and oxygen atoms in total. The van der Waals surface area contributed by atoms with Crippen molar-refractivity contribution in [2.24, 2.45) is 4.99 Å². The molecule has 0 atom stereocenters. The van der Waals surface area contributed by atoms with E-state index < -0.39 is 0 Å². The maximum Gasteiger partial charge on any atom is 0.194 e. The second-order valence-electron chi connectivity index (χ2n) is 8.05. The van der Waals surface area contributed by atoms with Crippen LogP contribution in [-0.4, -0.2) is 43.3 Å². The van der Waals surface area contributed by atoms with Crippen LogP contribution in [-0.2, 0) is 35.6 Å². The number of fused-ring (bicyclic) bond motifs is 1. The Kier molecular flexibility index (Phi) is 9.61. The molecule has 0 aliphatic carbocycles. The molecule has 0 spiro atoms. The summed E-state index contributed by atoms with van der Waals surface area (Å²) in [5.41, 5.74) is 5.30. The van der Waals surface area contributed by atoms with E-state index in [-0.39, 0.29) is 24.0 Å². The van der Waals surface area contributed by atoms with Crippen molar-refractivity contribution < 1.29 is 9.47 Å². The number of nitrogens with one attached hydrogen (secondary N) is 1. The number of hydrogen-bond acceptors (Lipinski definition) is 3. The Morgan fingerprint density at radius 1 is 1.10 bits per heavy atom. The molecule has 2 heterocycles. The predicted molar refractivity (Wildman–Crippen MR) is 136 cm³/mol. The molecule has 0 radical (unpaired) electrons. The maximum absolute atomic E-state index is 6.08. The van der Waals surface area contributed by atoms with E-state index in [1.54, 1.807) is 0 Å². The summed E-state index contributed by atoms with van der Waals surface area (Å²) in [7, 11) is 0. The maximum atomic E-state index is 6.08. The molecule has 168 valence electrons. The molecule has 0 unspecified atom stereocenters. The van der Waals surface area contributed by atoms with Crippen molar-refractivity contribution in [3.05, 3.63) is 70.8 Å². The van der Waals surface area contributed by atoms with Gasteiger partial charge in [0.15, 0.2) is 5.96 Å². The number of nitrogens with zero attached hydrogens (tertiary/aromatic N) is 2. The second kappa shape index (κ2) is 12.4. The summed E-state index contributed by atoms with van der Waals surface area (Å²) >= 11 is 0. The third kappa shape index (κ3) is 6.92. The largest absolute Gasteiger partial charge is 0.381 e. The molecule has 0 aromatic heterocycles. The number of hydrogen-bond donors (Lipinski definition) is 1. The summed E-state index contributed by atoms with van der Waals surface area (Å²) in [6.07, 6.45) is 3.38. The van der Waals surface area contributed by atoms with E-state index in [4.69, 9.17) is 14.5 Å². The Balaban J connectivity index is 0.00000272. The quantitative estimate of drug-likeness (QED) is 0.336. The lowest BCUT2D eigenvalue weighted by atomic mass is 10.0. The number of rotatable bonds is 6. The van der Waals surface area contributed by atoms with Crippen LogP contribution in [0.15, 0.2) is 53.5 Å². The smallest absolute Gasteiger partial charge is 0.194 e. The van der Waals surface area contributed by atoms with E-state index in [1.165, 1.54) is 22.3 Å². The molecule has 2 aromatic rings. The normalized spacial score (nSPS) is 17.1. The second-order valence-corrected chi connectivity index (χ2v) is 8.05. The van der Waals surface area contributed by atoms with Gasteiger partial charge in [-0.2, -0.15) is 0 Å². The van der Waals surface area contributed by atoms with Crippen molar-refractivity contribution in [1.29, 1.82) is 0 Å². The van der Waals surface area contributed by atoms with Crippen LogP contribution in [0, 0.1) is 0 Å². The highest BCUT2D eigenvalue weighted by molar-refractivity contribution is 14.0. The molecule has 0 bridgehead atoms. The van der Waals surface area contributed by atoms with Gasteiger partial charge in [-0.25, -0.2) is 4.99 Å². The predicted octanol–water partition coefficient (Wildman–Crippen LogP) is 4.52. The molecule has 2 aliphatic rings. The first-order valence-corrected chi connectivity index (χ1v) is 11.2. The zero-order valence-corrected chi connectivity index (χ0v) is 20.7. The van der Waals surface area contributed by atoms with E-state index in [0.717, 1.165) is 58.1 Å². The Morgan fingerprint density at radius 3 is 2.68 bits per heavy atom. The van der Waals surface area contributed by atoms with Crippen molar-refractivity contribution in [3.8, 4) is 0 Å². The highest BCUT2D eigenvalue weighted by atomic mass is 127. The Labute approximate surface area is 203 Å². The van der Waals surface area contributed by atoms with Crippen LogP contribution in [0.4, 0.5) is 0 Å². The highest BCUT2D eigenvalue weighted by Crippen LogP contribution is 2.19. The molecule has 2 aromatic carbocycles. The molecule has 0 saturated carbocycles. The monoisotopic (exact) mass is 535 g/mol. The molecular weight excluding hydrogens is 501 g/mol. The number of halogens is 1. The number of benzene rings is 2. The van der Waals surface area contributed by atoms with Gasteiger partial charge in [0.05, 0.1) is 19.3 Å². The van der Waals surface area contributed by atoms with Crippen LogP contribution in [0.3, 0.4) is 0 Å². The van der Waals surface area contributed by atoms with Crippen LogP contribution in [0.1, 0.15) is 42.0 Å². The van der Waals surface area contributed by atoms with Gasteiger partial charge in [-0.3, -0.25) is 0 Å². The standard InChI is InChI=1S/C25H33N3O2.HI/c1-2-26-25(28-13-10-22-8-3-4-9-23(22)18-28)27-17-20-6-5-7-21(16-20)19-30-24-11-14-29-15-12-24;/h3-9,16,24H,2,10-15,17-19H2,1H3,(H,26,27);1H. The van der Waals surface area contributed by atoms with E-state index in [1.807, 2.05) is 0 Å². The number of guanidine groups is 1. The Bertz CT molecular complexity index is 852. The molecule has 1 fully saturated rings. The van der Waals surface area contributed by atoms with Crippen LogP contribution in [0.5, 0.6) is 0 Å². The third-order valence-corrected chi connectivity index (χ3v) is 5.82. The molecule has 0 amide bonds. The number of ether oxygens (including phenoxy) is 2. The minimum atomic E-state index is 0. The highest BCUT2D eigenvalue weighted by Gasteiger charge is 2.18. The minimum Gasteiger partial charge on any atom is -0.381 e. The van der Waals surface area contributed by atoms with E-state index in [2.05, 4.69) is 65.7 Å². The molecule has 2 aliphatic heterocycles. The zero-order valence-electron chi connectivity index (χ0n) is 18.4. The van der Waals surface area contributed by atoms with Gasteiger partial charge in [0.1, 0.15) is 0 Å². The lowest BCUT2D eigenvalue weighted by Gasteiger charge is -2.31. The molecule has 1 N–H and O–H groups in total. The first kappa shape index (κ1) is 24.0. The fourth-order valence-electron chi connectivity index (χ4n) is 4.14. The van der Waals surface area contributed by atoms with Crippen LogP contribution >= 0.6 is 24.0 Å². The van der Waals surface area contributed by atoms with Crippen molar-refractivity contribution in [2.75, 3.05) is 26.3 Å². The van der Waals surface area contributed by atoms with Crippen LogP contribution < -0.4 is 5.32 Å². The van der Waals surface area contributed by atoms with Crippen LogP contribution in [0.25, 0.3) is 0 Å². The molecule has 4 rings (SSSR count). The van der Waals surface area contributed by atoms with Gasteiger partial charge >= 0.3 is 0 Å². The van der Waals surface area contributed by atoms with Gasteiger partial charge in [-0.1, -0.05) is 48.5 Å². The summed E-state index contributed by atoms with van der Waals surface area (Å²) in [5.74, 6) is 0.996. The topological polar surface area (TPSA) is 46.1 Å². The molecule has 1 saturated heterocycles. The van der Waals surface area contributed by atoms with Crippen LogP contribution in [0.2, 0.25) is 0 Å². The van der Waals surface area contributed by atoms with Gasteiger partial charge in [0.25, 0.3) is 0 Å². The van der Waals surface area contributed by atoms with Gasteiger partial charge in [-0.05, 0) is 48.4 Å². The molecule has 6 heteroatoms. The zero-order chi connectivity index (χ0) is 20.6. The lowest BCUT2D eigenvalue weighted by molar-refractivity contribution is -0.0390.